The van der Waals surface area contributed by atoms with Gasteiger partial charge < -0.3 is 10.5 Å². The highest BCUT2D eigenvalue weighted by Gasteiger charge is 2.19. The van der Waals surface area contributed by atoms with Gasteiger partial charge in [0.05, 0.1) is 12.8 Å². The van der Waals surface area contributed by atoms with Crippen molar-refractivity contribution in [3.8, 4) is 0 Å². The third-order valence-electron chi connectivity index (χ3n) is 1.64. The number of hydrogen-bond acceptors (Lipinski definition) is 3. The van der Waals surface area contributed by atoms with Crippen molar-refractivity contribution in [1.82, 2.24) is 5.32 Å². The standard InChI is InChI=1S/C6H14N2O/c1-9-4-5-2-3-6(7)8-5/h5-6,8H,2-4,7H2,1H3. The van der Waals surface area contributed by atoms with Crippen LogP contribution in [0.1, 0.15) is 12.8 Å². The molecule has 0 aromatic heterocycles. The summed E-state index contributed by atoms with van der Waals surface area (Å²) >= 11 is 0. The molecule has 0 bridgehead atoms. The Balaban J connectivity index is 2.14. The number of methoxy groups -OCH3 is 1. The van der Waals surface area contributed by atoms with Crippen LogP contribution >= 0.6 is 0 Å². The maximum absolute atomic E-state index is 5.59. The quantitative estimate of drug-likeness (QED) is 0.538. The largest absolute Gasteiger partial charge is 0.383 e. The minimum Gasteiger partial charge on any atom is -0.383 e. The summed E-state index contributed by atoms with van der Waals surface area (Å²) in [6, 6.07) is 0.491. The number of ether oxygens (including phenoxy) is 1. The zero-order valence-corrected chi connectivity index (χ0v) is 5.76. The topological polar surface area (TPSA) is 47.3 Å². The Labute approximate surface area is 55.6 Å². The fourth-order valence-corrected chi connectivity index (χ4v) is 1.18. The molecule has 0 aliphatic carbocycles. The molecule has 2 atom stereocenters. The Morgan fingerprint density at radius 3 is 2.89 bits per heavy atom. The molecule has 0 spiro atoms. The molecule has 0 amide bonds. The molecule has 0 aromatic carbocycles. The number of rotatable bonds is 2. The van der Waals surface area contributed by atoms with E-state index in [-0.39, 0.29) is 6.17 Å². The molecule has 3 heteroatoms. The second-order valence-electron chi connectivity index (χ2n) is 2.50. The van der Waals surface area contributed by atoms with Gasteiger partial charge in [-0.25, -0.2) is 0 Å². The van der Waals surface area contributed by atoms with Gasteiger partial charge in [-0.3, -0.25) is 5.32 Å². The summed E-state index contributed by atoms with van der Waals surface area (Å²) in [6.45, 7) is 0.785. The third kappa shape index (κ3) is 1.93. The van der Waals surface area contributed by atoms with Crippen LogP contribution < -0.4 is 11.1 Å². The lowest BCUT2D eigenvalue weighted by Crippen LogP contribution is -2.37. The van der Waals surface area contributed by atoms with Crippen LogP contribution in [-0.2, 0) is 4.74 Å². The first kappa shape index (κ1) is 6.99. The molecule has 54 valence electrons. The highest BCUT2D eigenvalue weighted by atomic mass is 16.5. The smallest absolute Gasteiger partial charge is 0.0616 e. The van der Waals surface area contributed by atoms with Crippen molar-refractivity contribution in [3.63, 3.8) is 0 Å². The number of hydrogen-bond donors (Lipinski definition) is 2. The van der Waals surface area contributed by atoms with Crippen LogP contribution in [0, 0.1) is 0 Å². The number of nitrogens with one attached hydrogen (secondary N) is 1. The van der Waals surface area contributed by atoms with Crippen molar-refractivity contribution in [1.29, 1.82) is 0 Å². The second-order valence-corrected chi connectivity index (χ2v) is 2.50. The first-order valence-electron chi connectivity index (χ1n) is 3.33. The Bertz CT molecular complexity index is 85.1. The van der Waals surface area contributed by atoms with Gasteiger partial charge in [-0.15, -0.1) is 0 Å². The Hall–Kier alpha value is -0.120. The molecule has 2 unspecified atom stereocenters. The van der Waals surface area contributed by atoms with Crippen LogP contribution in [0.3, 0.4) is 0 Å². The van der Waals surface area contributed by atoms with E-state index >= 15 is 0 Å². The van der Waals surface area contributed by atoms with Gasteiger partial charge in [-0.1, -0.05) is 0 Å². The summed E-state index contributed by atoms with van der Waals surface area (Å²) in [4.78, 5) is 0. The second kappa shape index (κ2) is 3.15. The highest BCUT2D eigenvalue weighted by Crippen LogP contribution is 2.07. The minimum atomic E-state index is 0.199. The molecule has 0 saturated carbocycles. The maximum atomic E-state index is 5.59. The fourth-order valence-electron chi connectivity index (χ4n) is 1.18. The molecular formula is C6H14N2O. The predicted octanol–water partition coefficient (Wildman–Crippen LogP) is -0.330. The lowest BCUT2D eigenvalue weighted by molar-refractivity contribution is 0.172. The van der Waals surface area contributed by atoms with E-state index in [2.05, 4.69) is 5.32 Å². The Morgan fingerprint density at radius 2 is 2.44 bits per heavy atom. The molecule has 1 fully saturated rings. The van der Waals surface area contributed by atoms with Gasteiger partial charge in [0.25, 0.3) is 0 Å². The van der Waals surface area contributed by atoms with Crippen molar-refractivity contribution in [2.75, 3.05) is 13.7 Å². The molecule has 3 N–H and O–H groups in total. The first-order chi connectivity index (χ1) is 4.33. The average Bonchev–Trinajstić information content (AvgIpc) is 2.17. The number of nitrogens with two attached hydrogens (primary N) is 1. The fraction of sp³-hybridized carbons (Fsp3) is 1.00. The van der Waals surface area contributed by atoms with Crippen molar-refractivity contribution in [2.24, 2.45) is 5.73 Å². The monoisotopic (exact) mass is 130 g/mol. The van der Waals surface area contributed by atoms with Crippen LogP contribution in [0.25, 0.3) is 0 Å². The predicted molar refractivity (Wildman–Crippen MR) is 36.0 cm³/mol. The van der Waals surface area contributed by atoms with Gasteiger partial charge in [0.15, 0.2) is 0 Å². The van der Waals surface area contributed by atoms with Gasteiger partial charge in [0, 0.05) is 13.2 Å². The van der Waals surface area contributed by atoms with E-state index in [1.165, 1.54) is 0 Å². The summed E-state index contributed by atoms with van der Waals surface area (Å²) in [5, 5.41) is 3.21. The molecule has 0 radical (unpaired) electrons. The zero-order chi connectivity index (χ0) is 6.69. The third-order valence-corrected chi connectivity index (χ3v) is 1.64. The lowest BCUT2D eigenvalue weighted by Gasteiger charge is -2.08. The van der Waals surface area contributed by atoms with Crippen LogP contribution in [-0.4, -0.2) is 25.9 Å². The molecule has 1 rings (SSSR count). The van der Waals surface area contributed by atoms with E-state index in [4.69, 9.17) is 10.5 Å². The van der Waals surface area contributed by atoms with E-state index in [0.29, 0.717) is 6.04 Å². The normalized spacial score (nSPS) is 35.3. The molecule has 1 saturated heterocycles. The van der Waals surface area contributed by atoms with Gasteiger partial charge in [0.1, 0.15) is 0 Å². The van der Waals surface area contributed by atoms with Crippen LogP contribution in [0.15, 0.2) is 0 Å². The van der Waals surface area contributed by atoms with Crippen molar-refractivity contribution in [3.05, 3.63) is 0 Å². The average molecular weight is 130 g/mol. The Kier molecular flexibility index (Phi) is 2.45. The van der Waals surface area contributed by atoms with Gasteiger partial charge in [-0.05, 0) is 12.8 Å². The summed E-state index contributed by atoms with van der Waals surface area (Å²) in [5.74, 6) is 0. The molecular weight excluding hydrogens is 116 g/mol. The van der Waals surface area contributed by atoms with Crippen LogP contribution in [0.4, 0.5) is 0 Å². The lowest BCUT2D eigenvalue weighted by atomic mass is 10.2. The molecule has 0 aromatic rings. The van der Waals surface area contributed by atoms with Crippen LogP contribution in [0.5, 0.6) is 0 Å². The van der Waals surface area contributed by atoms with E-state index in [9.17, 15) is 0 Å². The molecule has 1 aliphatic rings. The molecule has 1 aliphatic heterocycles. The zero-order valence-electron chi connectivity index (χ0n) is 5.76. The highest BCUT2D eigenvalue weighted by molar-refractivity contribution is 4.78. The molecule has 9 heavy (non-hydrogen) atoms. The molecule has 3 nitrogen and oxygen atoms in total. The first-order valence-corrected chi connectivity index (χ1v) is 3.33. The van der Waals surface area contributed by atoms with Gasteiger partial charge >= 0.3 is 0 Å². The van der Waals surface area contributed by atoms with Gasteiger partial charge in [-0.2, -0.15) is 0 Å². The maximum Gasteiger partial charge on any atom is 0.0616 e. The SMILES string of the molecule is COCC1CCC(N)N1. The summed E-state index contributed by atoms with van der Waals surface area (Å²) in [5.41, 5.74) is 5.59. The minimum absolute atomic E-state index is 0.199. The summed E-state index contributed by atoms with van der Waals surface area (Å²) in [6.07, 6.45) is 2.42. The van der Waals surface area contributed by atoms with Crippen molar-refractivity contribution >= 4 is 0 Å². The van der Waals surface area contributed by atoms with Crippen LogP contribution in [0.2, 0.25) is 0 Å². The van der Waals surface area contributed by atoms with E-state index in [1.807, 2.05) is 0 Å². The summed E-state index contributed by atoms with van der Waals surface area (Å²) < 4.78 is 4.96. The molecule has 1 heterocycles. The summed E-state index contributed by atoms with van der Waals surface area (Å²) in [7, 11) is 1.71. The van der Waals surface area contributed by atoms with Crippen molar-refractivity contribution in [2.45, 2.75) is 25.0 Å². The van der Waals surface area contributed by atoms with E-state index in [0.717, 1.165) is 19.4 Å². The van der Waals surface area contributed by atoms with Crippen molar-refractivity contribution < 1.29 is 4.74 Å². The Morgan fingerprint density at radius 1 is 1.67 bits per heavy atom. The van der Waals surface area contributed by atoms with E-state index < -0.39 is 0 Å². The van der Waals surface area contributed by atoms with Gasteiger partial charge in [0.2, 0.25) is 0 Å². The van der Waals surface area contributed by atoms with E-state index in [1.54, 1.807) is 7.11 Å².